The summed E-state index contributed by atoms with van der Waals surface area (Å²) >= 11 is 5.71. The van der Waals surface area contributed by atoms with Crippen LogP contribution in [0.1, 0.15) is 26.3 Å². The van der Waals surface area contributed by atoms with E-state index in [-0.39, 0.29) is 0 Å². The van der Waals surface area contributed by atoms with Crippen LogP contribution in [-0.4, -0.2) is 5.84 Å². The van der Waals surface area contributed by atoms with Crippen molar-refractivity contribution in [1.82, 2.24) is 0 Å². The maximum absolute atomic E-state index is 5.71. The zero-order chi connectivity index (χ0) is 11.0. The Hall–Kier alpha value is -1.02. The molecular weight excluding hydrogens is 196 g/mol. The van der Waals surface area contributed by atoms with Gasteiger partial charge in [0.1, 0.15) is 0 Å². The van der Waals surface area contributed by atoms with Crippen molar-refractivity contribution >= 4 is 17.4 Å². The number of hydrogen-bond acceptors (Lipinski definition) is 1. The molecule has 0 spiro atoms. The molecule has 0 aliphatic carbocycles. The Bertz CT molecular complexity index is 274. The Morgan fingerprint density at radius 3 is 2.21 bits per heavy atom. The van der Waals surface area contributed by atoms with Crippen LogP contribution in [-0.2, 0) is 6.54 Å². The molecule has 0 heterocycles. The normalized spacial score (nSPS) is 10.4. The van der Waals surface area contributed by atoms with E-state index in [1.807, 2.05) is 38.1 Å². The van der Waals surface area contributed by atoms with Gasteiger partial charge in [-0.25, -0.2) is 0 Å². The second-order valence-corrected chi connectivity index (χ2v) is 3.02. The maximum atomic E-state index is 5.71. The van der Waals surface area contributed by atoms with Crippen molar-refractivity contribution in [2.75, 3.05) is 0 Å². The summed E-state index contributed by atoms with van der Waals surface area (Å²) in [6.07, 6.45) is 0. The van der Waals surface area contributed by atoms with Crippen molar-refractivity contribution in [2.24, 2.45) is 10.7 Å². The minimum atomic E-state index is 0.602. The fourth-order valence-corrected chi connectivity index (χ4v) is 0.932. The number of nitrogens with two attached hydrogens (primary N) is 1. The van der Waals surface area contributed by atoms with Crippen LogP contribution < -0.4 is 5.73 Å². The molecule has 0 atom stereocenters. The van der Waals surface area contributed by atoms with E-state index in [9.17, 15) is 0 Å². The first-order valence-electron chi connectivity index (χ1n) is 4.69. The summed E-state index contributed by atoms with van der Waals surface area (Å²) in [6.45, 7) is 6.40. The van der Waals surface area contributed by atoms with E-state index in [2.05, 4.69) is 4.99 Å². The quantitative estimate of drug-likeness (QED) is 0.593. The fraction of sp³-hybridized carbons (Fsp3) is 0.364. The summed E-state index contributed by atoms with van der Waals surface area (Å²) in [5, 5.41) is 0.743. The van der Waals surface area contributed by atoms with Gasteiger partial charge in [0, 0.05) is 5.02 Å². The second kappa shape index (κ2) is 7.39. The number of amidine groups is 1. The van der Waals surface area contributed by atoms with Gasteiger partial charge in [-0.1, -0.05) is 37.6 Å². The first-order valence-corrected chi connectivity index (χ1v) is 5.07. The number of aliphatic imine (C=N–C) groups is 1. The van der Waals surface area contributed by atoms with E-state index in [4.69, 9.17) is 17.3 Å². The molecule has 1 rings (SSSR count). The molecule has 2 N–H and O–H groups in total. The Morgan fingerprint density at radius 1 is 1.29 bits per heavy atom. The SMILES string of the molecule is CC.CC(N)=NCc1ccc(Cl)cc1. The van der Waals surface area contributed by atoms with E-state index in [0.29, 0.717) is 12.4 Å². The van der Waals surface area contributed by atoms with E-state index < -0.39 is 0 Å². The average molecular weight is 213 g/mol. The molecule has 1 aromatic carbocycles. The van der Waals surface area contributed by atoms with E-state index in [1.54, 1.807) is 6.92 Å². The van der Waals surface area contributed by atoms with Crippen LogP contribution in [0.25, 0.3) is 0 Å². The van der Waals surface area contributed by atoms with Crippen LogP contribution in [0.3, 0.4) is 0 Å². The molecule has 2 nitrogen and oxygen atoms in total. The molecule has 0 bridgehead atoms. The monoisotopic (exact) mass is 212 g/mol. The third kappa shape index (κ3) is 5.60. The van der Waals surface area contributed by atoms with Crippen LogP contribution >= 0.6 is 11.6 Å². The zero-order valence-electron chi connectivity index (χ0n) is 8.92. The van der Waals surface area contributed by atoms with Gasteiger partial charge in [-0.15, -0.1) is 0 Å². The summed E-state index contributed by atoms with van der Waals surface area (Å²) in [5.74, 6) is 0.602. The highest BCUT2D eigenvalue weighted by molar-refractivity contribution is 6.30. The molecule has 0 aliphatic heterocycles. The molecule has 0 fully saturated rings. The minimum absolute atomic E-state index is 0.602. The van der Waals surface area contributed by atoms with Crippen LogP contribution in [0.15, 0.2) is 29.3 Å². The lowest BCUT2D eigenvalue weighted by Gasteiger charge is -1.96. The zero-order valence-corrected chi connectivity index (χ0v) is 9.67. The summed E-state index contributed by atoms with van der Waals surface area (Å²) in [4.78, 5) is 4.08. The maximum Gasteiger partial charge on any atom is 0.0909 e. The average Bonchev–Trinajstić information content (AvgIpc) is 2.20. The first kappa shape index (κ1) is 13.0. The highest BCUT2D eigenvalue weighted by Crippen LogP contribution is 2.09. The predicted octanol–water partition coefficient (Wildman–Crippen LogP) is 3.24. The van der Waals surface area contributed by atoms with Crippen LogP contribution in [0.4, 0.5) is 0 Å². The van der Waals surface area contributed by atoms with E-state index in [1.165, 1.54) is 0 Å². The second-order valence-electron chi connectivity index (χ2n) is 2.58. The molecule has 78 valence electrons. The summed E-state index contributed by atoms with van der Waals surface area (Å²) in [7, 11) is 0. The molecule has 1 aromatic rings. The third-order valence-electron chi connectivity index (χ3n) is 1.42. The molecule has 0 saturated carbocycles. The van der Waals surface area contributed by atoms with Crippen molar-refractivity contribution in [3.05, 3.63) is 34.9 Å². The molecule has 0 radical (unpaired) electrons. The summed E-state index contributed by atoms with van der Waals surface area (Å²) in [6, 6.07) is 7.57. The van der Waals surface area contributed by atoms with Gasteiger partial charge in [0.05, 0.1) is 12.4 Å². The van der Waals surface area contributed by atoms with Gasteiger partial charge in [0.25, 0.3) is 0 Å². The predicted molar refractivity (Wildman–Crippen MR) is 63.8 cm³/mol. The Labute approximate surface area is 90.8 Å². The number of rotatable bonds is 2. The number of benzene rings is 1. The lowest BCUT2D eigenvalue weighted by molar-refractivity contribution is 1.06. The van der Waals surface area contributed by atoms with Crippen molar-refractivity contribution in [2.45, 2.75) is 27.3 Å². The smallest absolute Gasteiger partial charge is 0.0909 e. The largest absolute Gasteiger partial charge is 0.388 e. The topological polar surface area (TPSA) is 38.4 Å². The van der Waals surface area contributed by atoms with Crippen molar-refractivity contribution in [3.8, 4) is 0 Å². The molecule has 0 unspecified atom stereocenters. The minimum Gasteiger partial charge on any atom is -0.388 e. The van der Waals surface area contributed by atoms with Gasteiger partial charge in [-0.3, -0.25) is 4.99 Å². The third-order valence-corrected chi connectivity index (χ3v) is 1.68. The molecule has 0 aliphatic rings. The van der Waals surface area contributed by atoms with Crippen molar-refractivity contribution < 1.29 is 0 Å². The molecule has 0 aromatic heterocycles. The Morgan fingerprint density at radius 2 is 1.79 bits per heavy atom. The van der Waals surface area contributed by atoms with Crippen LogP contribution in [0.2, 0.25) is 5.02 Å². The lowest BCUT2D eigenvalue weighted by Crippen LogP contribution is -2.05. The van der Waals surface area contributed by atoms with Gasteiger partial charge < -0.3 is 5.73 Å². The lowest BCUT2D eigenvalue weighted by atomic mass is 10.2. The highest BCUT2D eigenvalue weighted by atomic mass is 35.5. The Kier molecular flexibility index (Phi) is 6.85. The van der Waals surface area contributed by atoms with Gasteiger partial charge in [0.2, 0.25) is 0 Å². The number of halogens is 1. The molecular formula is C11H17ClN2. The van der Waals surface area contributed by atoms with Crippen molar-refractivity contribution in [3.63, 3.8) is 0 Å². The molecule has 0 saturated heterocycles. The molecule has 14 heavy (non-hydrogen) atoms. The van der Waals surface area contributed by atoms with Gasteiger partial charge in [-0.2, -0.15) is 0 Å². The fourth-order valence-electron chi connectivity index (χ4n) is 0.806. The molecule has 0 amide bonds. The Balaban J connectivity index is 0.000000791. The summed E-state index contributed by atoms with van der Waals surface area (Å²) < 4.78 is 0. The number of hydrogen-bond donors (Lipinski definition) is 1. The van der Waals surface area contributed by atoms with E-state index >= 15 is 0 Å². The van der Waals surface area contributed by atoms with Crippen LogP contribution in [0, 0.1) is 0 Å². The van der Waals surface area contributed by atoms with Crippen molar-refractivity contribution in [1.29, 1.82) is 0 Å². The highest BCUT2D eigenvalue weighted by Gasteiger charge is 1.90. The standard InChI is InChI=1S/C9H11ClN2.C2H6/c1-7(11)12-6-8-2-4-9(10)5-3-8;1-2/h2-5H,6H2,1H3,(H2,11,12);1-2H3. The van der Waals surface area contributed by atoms with Gasteiger partial charge in [-0.05, 0) is 24.6 Å². The first-order chi connectivity index (χ1) is 6.68. The molecule has 3 heteroatoms. The van der Waals surface area contributed by atoms with Crippen LogP contribution in [0.5, 0.6) is 0 Å². The summed E-state index contributed by atoms with van der Waals surface area (Å²) in [5.41, 5.74) is 6.51. The number of nitrogens with zero attached hydrogens (tertiary/aromatic N) is 1. The van der Waals surface area contributed by atoms with Gasteiger partial charge in [0.15, 0.2) is 0 Å². The van der Waals surface area contributed by atoms with E-state index in [0.717, 1.165) is 10.6 Å². The van der Waals surface area contributed by atoms with Gasteiger partial charge >= 0.3 is 0 Å².